The number of rotatable bonds is 6. The van der Waals surface area contributed by atoms with Crippen molar-refractivity contribution in [1.82, 2.24) is 9.78 Å². The van der Waals surface area contributed by atoms with E-state index in [0.29, 0.717) is 23.7 Å². The molecule has 1 N–H and O–H groups in total. The molecular weight excluding hydrogens is 432 g/mol. The quantitative estimate of drug-likeness (QED) is 0.446. The standard InChI is InChI=1S/C19H16BrClN4O2/c1-2-27-17-9-8-14(20)10-13(17)11-22-24-16-12-23-25(19(26)18(16)21)15-6-4-3-5-7-15/h3-12,24H,2H2,1H3/b22-11+. The maximum atomic E-state index is 12.5. The summed E-state index contributed by atoms with van der Waals surface area (Å²) in [5.41, 5.74) is 4.06. The third-order valence-corrected chi connectivity index (χ3v) is 4.44. The van der Waals surface area contributed by atoms with Crippen molar-refractivity contribution in [3.8, 4) is 11.4 Å². The van der Waals surface area contributed by atoms with E-state index < -0.39 is 5.56 Å². The Morgan fingerprint density at radius 1 is 1.30 bits per heavy atom. The molecule has 0 bridgehead atoms. The normalized spacial score (nSPS) is 10.9. The molecule has 2 aromatic carbocycles. The molecule has 0 aliphatic rings. The number of aromatic nitrogens is 2. The Bertz CT molecular complexity index is 1020. The van der Waals surface area contributed by atoms with Gasteiger partial charge in [-0.25, -0.2) is 0 Å². The van der Waals surface area contributed by atoms with E-state index in [9.17, 15) is 4.79 Å². The summed E-state index contributed by atoms with van der Waals surface area (Å²) in [5, 5.41) is 8.30. The molecule has 6 nitrogen and oxygen atoms in total. The molecule has 1 aromatic heterocycles. The van der Waals surface area contributed by atoms with Crippen LogP contribution in [0.3, 0.4) is 0 Å². The van der Waals surface area contributed by atoms with Crippen molar-refractivity contribution < 1.29 is 4.74 Å². The number of benzene rings is 2. The van der Waals surface area contributed by atoms with E-state index in [1.54, 1.807) is 18.3 Å². The van der Waals surface area contributed by atoms with Crippen LogP contribution in [0.2, 0.25) is 5.02 Å². The van der Waals surface area contributed by atoms with Gasteiger partial charge in [-0.2, -0.15) is 14.9 Å². The van der Waals surface area contributed by atoms with Crippen molar-refractivity contribution in [3.63, 3.8) is 0 Å². The zero-order valence-electron chi connectivity index (χ0n) is 14.4. The monoisotopic (exact) mass is 446 g/mol. The summed E-state index contributed by atoms with van der Waals surface area (Å²) in [6, 6.07) is 14.7. The molecule has 8 heteroatoms. The van der Waals surface area contributed by atoms with Gasteiger partial charge in [-0.1, -0.05) is 45.7 Å². The molecule has 0 saturated carbocycles. The van der Waals surface area contributed by atoms with E-state index in [0.717, 1.165) is 10.0 Å². The maximum Gasteiger partial charge on any atom is 0.292 e. The number of nitrogens with zero attached hydrogens (tertiary/aromatic N) is 3. The topological polar surface area (TPSA) is 68.5 Å². The second-order valence-electron chi connectivity index (χ2n) is 5.41. The van der Waals surface area contributed by atoms with Crippen molar-refractivity contribution in [2.24, 2.45) is 5.10 Å². The molecule has 0 spiro atoms. The lowest BCUT2D eigenvalue weighted by atomic mass is 10.2. The van der Waals surface area contributed by atoms with Crippen LogP contribution in [0.5, 0.6) is 5.75 Å². The highest BCUT2D eigenvalue weighted by atomic mass is 79.9. The van der Waals surface area contributed by atoms with Gasteiger partial charge in [-0.05, 0) is 37.3 Å². The van der Waals surface area contributed by atoms with Crippen LogP contribution in [0.4, 0.5) is 5.69 Å². The van der Waals surface area contributed by atoms with Gasteiger partial charge < -0.3 is 4.74 Å². The Morgan fingerprint density at radius 3 is 2.81 bits per heavy atom. The first-order chi connectivity index (χ1) is 13.1. The summed E-state index contributed by atoms with van der Waals surface area (Å²) in [5.74, 6) is 0.704. The van der Waals surface area contributed by atoms with E-state index in [1.807, 2.05) is 43.3 Å². The third-order valence-electron chi connectivity index (χ3n) is 3.58. The Morgan fingerprint density at radius 2 is 2.07 bits per heavy atom. The predicted octanol–water partition coefficient (Wildman–Crippen LogP) is 4.49. The van der Waals surface area contributed by atoms with Crippen LogP contribution < -0.4 is 15.7 Å². The highest BCUT2D eigenvalue weighted by Gasteiger charge is 2.10. The van der Waals surface area contributed by atoms with Crippen LogP contribution >= 0.6 is 27.5 Å². The fraction of sp³-hybridized carbons (Fsp3) is 0.105. The molecule has 138 valence electrons. The summed E-state index contributed by atoms with van der Waals surface area (Å²) in [6.45, 7) is 2.46. The number of hydrogen-bond acceptors (Lipinski definition) is 5. The molecule has 3 aromatic rings. The summed E-state index contributed by atoms with van der Waals surface area (Å²) < 4.78 is 7.71. The lowest BCUT2D eigenvalue weighted by Crippen LogP contribution is -2.22. The zero-order valence-corrected chi connectivity index (χ0v) is 16.7. The van der Waals surface area contributed by atoms with Crippen LogP contribution in [0.25, 0.3) is 5.69 Å². The molecule has 0 saturated heterocycles. The number of nitrogens with one attached hydrogen (secondary N) is 1. The summed E-state index contributed by atoms with van der Waals surface area (Å²) in [7, 11) is 0. The number of hydrazone groups is 1. The van der Waals surface area contributed by atoms with Crippen LogP contribution in [0, 0.1) is 0 Å². The number of ether oxygens (including phenoxy) is 1. The van der Waals surface area contributed by atoms with E-state index in [-0.39, 0.29) is 5.02 Å². The van der Waals surface area contributed by atoms with E-state index in [1.165, 1.54) is 10.9 Å². The minimum absolute atomic E-state index is 0.00489. The van der Waals surface area contributed by atoms with Gasteiger partial charge in [0.15, 0.2) is 0 Å². The lowest BCUT2D eigenvalue weighted by Gasteiger charge is -2.08. The van der Waals surface area contributed by atoms with E-state index in [4.69, 9.17) is 16.3 Å². The van der Waals surface area contributed by atoms with Crippen LogP contribution in [0.15, 0.2) is 69.1 Å². The number of halogens is 2. The van der Waals surface area contributed by atoms with Crippen molar-refractivity contribution in [2.75, 3.05) is 12.0 Å². The van der Waals surface area contributed by atoms with Gasteiger partial charge in [0.05, 0.1) is 24.7 Å². The van der Waals surface area contributed by atoms with Crippen molar-refractivity contribution in [3.05, 3.63) is 80.1 Å². The van der Waals surface area contributed by atoms with Crippen molar-refractivity contribution in [1.29, 1.82) is 0 Å². The van der Waals surface area contributed by atoms with Gasteiger partial charge in [-0.3, -0.25) is 10.2 Å². The zero-order chi connectivity index (χ0) is 19.2. The average Bonchev–Trinajstić information content (AvgIpc) is 2.68. The maximum absolute atomic E-state index is 12.5. The highest BCUT2D eigenvalue weighted by Crippen LogP contribution is 2.22. The van der Waals surface area contributed by atoms with Crippen LogP contribution in [-0.4, -0.2) is 22.6 Å². The first-order valence-electron chi connectivity index (χ1n) is 8.15. The Balaban J connectivity index is 1.83. The molecule has 0 aliphatic carbocycles. The van der Waals surface area contributed by atoms with Gasteiger partial charge in [0, 0.05) is 10.0 Å². The first kappa shape index (κ1) is 19.1. The highest BCUT2D eigenvalue weighted by molar-refractivity contribution is 9.10. The minimum Gasteiger partial charge on any atom is -0.493 e. The molecule has 0 aliphatic heterocycles. The summed E-state index contributed by atoms with van der Waals surface area (Å²) >= 11 is 9.62. The Kier molecular flexibility index (Phi) is 6.26. The fourth-order valence-corrected chi connectivity index (χ4v) is 2.89. The van der Waals surface area contributed by atoms with Gasteiger partial charge in [0.2, 0.25) is 0 Å². The predicted molar refractivity (Wildman–Crippen MR) is 111 cm³/mol. The molecule has 0 radical (unpaired) electrons. The van der Waals surface area contributed by atoms with Gasteiger partial charge in [0.25, 0.3) is 5.56 Å². The molecule has 1 heterocycles. The lowest BCUT2D eigenvalue weighted by molar-refractivity contribution is 0.339. The third kappa shape index (κ3) is 4.56. The van der Waals surface area contributed by atoms with E-state index >= 15 is 0 Å². The van der Waals surface area contributed by atoms with Crippen LogP contribution in [0.1, 0.15) is 12.5 Å². The second-order valence-corrected chi connectivity index (χ2v) is 6.70. The molecule has 3 rings (SSSR count). The largest absolute Gasteiger partial charge is 0.493 e. The molecule has 27 heavy (non-hydrogen) atoms. The molecule has 0 fully saturated rings. The number of para-hydroxylation sites is 1. The SMILES string of the molecule is CCOc1ccc(Br)cc1/C=N/Nc1cnn(-c2ccccc2)c(=O)c1Cl. The van der Waals surface area contributed by atoms with Crippen molar-refractivity contribution >= 4 is 39.4 Å². The molecule has 0 amide bonds. The van der Waals surface area contributed by atoms with Gasteiger partial charge in [0.1, 0.15) is 16.5 Å². The van der Waals surface area contributed by atoms with Gasteiger partial charge >= 0.3 is 0 Å². The summed E-state index contributed by atoms with van der Waals surface area (Å²) in [6.07, 6.45) is 3.05. The van der Waals surface area contributed by atoms with Crippen molar-refractivity contribution in [2.45, 2.75) is 6.92 Å². The Hall–Kier alpha value is -2.64. The molecule has 0 unspecified atom stereocenters. The Labute approximate surface area is 169 Å². The number of hydrogen-bond donors (Lipinski definition) is 1. The van der Waals surface area contributed by atoms with Gasteiger partial charge in [-0.15, -0.1) is 0 Å². The van der Waals surface area contributed by atoms with E-state index in [2.05, 4.69) is 31.6 Å². The van der Waals surface area contributed by atoms with Crippen LogP contribution in [-0.2, 0) is 0 Å². The minimum atomic E-state index is -0.430. The molecular formula is C19H16BrClN4O2. The molecule has 0 atom stereocenters. The number of anilines is 1. The average molecular weight is 448 g/mol. The fourth-order valence-electron chi connectivity index (χ4n) is 2.34. The summed E-state index contributed by atoms with van der Waals surface area (Å²) in [4.78, 5) is 12.5. The smallest absolute Gasteiger partial charge is 0.292 e. The first-order valence-corrected chi connectivity index (χ1v) is 9.32. The second kappa shape index (κ2) is 8.83.